The van der Waals surface area contributed by atoms with E-state index in [0.29, 0.717) is 53.9 Å². The highest BCUT2D eigenvalue weighted by molar-refractivity contribution is 7.11. The Hall–Kier alpha value is -2.70. The van der Waals surface area contributed by atoms with E-state index >= 15 is 0 Å². The van der Waals surface area contributed by atoms with Crippen LogP contribution in [0.4, 0.5) is 4.39 Å². The standard InChI is InChI=1S/C26H30ClFN4O5S/c1-26(2,25(34)35)11-15-13-37-9-8-32(15)12-18-20(19(33)14-36-3)22(16-5-4-6-17(28)21(16)27)31-23(30-18)24-29-7-10-38-24/h4-7,10,15,22H,8-9,11-14H2,1-3H3,(H,30,31)(H,34,35)/t15?,22-/m0/s1. The van der Waals surface area contributed by atoms with Gasteiger partial charge in [-0.15, -0.1) is 11.3 Å². The van der Waals surface area contributed by atoms with Gasteiger partial charge < -0.3 is 19.9 Å². The number of morpholine rings is 1. The number of thiazole rings is 1. The number of amidine groups is 1. The van der Waals surface area contributed by atoms with E-state index in [-0.39, 0.29) is 30.0 Å². The molecule has 1 aromatic carbocycles. The Morgan fingerprint density at radius 3 is 2.87 bits per heavy atom. The number of nitrogens with zero attached hydrogens (tertiary/aromatic N) is 3. The highest BCUT2D eigenvalue weighted by Gasteiger charge is 2.38. The second-order valence-corrected chi connectivity index (χ2v) is 11.1. The van der Waals surface area contributed by atoms with Gasteiger partial charge in [0.05, 0.1) is 23.7 Å². The van der Waals surface area contributed by atoms with E-state index in [1.807, 2.05) is 5.38 Å². The number of carbonyl (C=O) groups excluding carboxylic acids is 1. The molecule has 204 valence electrons. The molecule has 12 heteroatoms. The lowest BCUT2D eigenvalue weighted by atomic mass is 9.85. The number of hydrogen-bond donors (Lipinski definition) is 2. The Bertz CT molecular complexity index is 1250. The average Bonchev–Trinajstić information content (AvgIpc) is 3.41. The van der Waals surface area contributed by atoms with Crippen LogP contribution in [0.25, 0.3) is 0 Å². The van der Waals surface area contributed by atoms with E-state index in [2.05, 4.69) is 15.2 Å². The zero-order chi connectivity index (χ0) is 27.4. The SMILES string of the molecule is COCC(=O)C1=C(CN2CCOCC2CC(C)(C)C(=O)O)NC(c2nccs2)=N[C@H]1c1cccc(F)c1Cl. The third-order valence-electron chi connectivity index (χ3n) is 6.65. The summed E-state index contributed by atoms with van der Waals surface area (Å²) in [5.74, 6) is -1.39. The van der Waals surface area contributed by atoms with Crippen molar-refractivity contribution in [3.8, 4) is 0 Å². The van der Waals surface area contributed by atoms with Gasteiger partial charge >= 0.3 is 5.97 Å². The molecule has 0 aliphatic carbocycles. The van der Waals surface area contributed by atoms with E-state index in [1.54, 1.807) is 26.1 Å². The van der Waals surface area contributed by atoms with E-state index < -0.39 is 23.2 Å². The number of carbonyl (C=O) groups is 2. The van der Waals surface area contributed by atoms with Crippen LogP contribution in [-0.4, -0.2) is 78.6 Å². The van der Waals surface area contributed by atoms with Crippen LogP contribution in [0.2, 0.25) is 5.02 Å². The summed E-state index contributed by atoms with van der Waals surface area (Å²) in [6.45, 7) is 4.80. The molecule has 1 saturated heterocycles. The zero-order valence-electron chi connectivity index (χ0n) is 21.4. The van der Waals surface area contributed by atoms with Crippen LogP contribution in [0.5, 0.6) is 0 Å². The maximum absolute atomic E-state index is 14.5. The molecule has 1 unspecified atom stereocenters. The van der Waals surface area contributed by atoms with Gasteiger partial charge in [0.2, 0.25) is 0 Å². The number of ether oxygens (including phenoxy) is 2. The molecule has 38 heavy (non-hydrogen) atoms. The number of rotatable bonds is 10. The van der Waals surface area contributed by atoms with Gasteiger partial charge in [0.25, 0.3) is 0 Å². The van der Waals surface area contributed by atoms with Gasteiger partial charge in [-0.1, -0.05) is 23.7 Å². The highest BCUT2D eigenvalue weighted by atomic mass is 35.5. The zero-order valence-corrected chi connectivity index (χ0v) is 22.9. The monoisotopic (exact) mass is 564 g/mol. The third kappa shape index (κ3) is 6.13. The Balaban J connectivity index is 1.80. The summed E-state index contributed by atoms with van der Waals surface area (Å²) in [6, 6.07) is 3.32. The number of halogens is 2. The second kappa shape index (κ2) is 12.0. The summed E-state index contributed by atoms with van der Waals surface area (Å²) in [5.41, 5.74) is 0.238. The first-order valence-corrected chi connectivity index (χ1v) is 13.4. The molecular weight excluding hydrogens is 535 g/mol. The minimum atomic E-state index is -0.974. The molecule has 4 rings (SSSR count). The molecule has 2 aliphatic rings. The van der Waals surface area contributed by atoms with Crippen molar-refractivity contribution in [1.29, 1.82) is 0 Å². The fraction of sp³-hybridized carbons (Fsp3) is 0.462. The van der Waals surface area contributed by atoms with Crippen LogP contribution < -0.4 is 5.32 Å². The van der Waals surface area contributed by atoms with Crippen molar-refractivity contribution in [1.82, 2.24) is 15.2 Å². The first-order valence-electron chi connectivity index (χ1n) is 12.1. The number of carboxylic acids is 1. The van der Waals surface area contributed by atoms with Gasteiger partial charge in [-0.2, -0.15) is 0 Å². The molecule has 2 atom stereocenters. The van der Waals surface area contributed by atoms with Crippen LogP contribution in [0.1, 0.15) is 36.9 Å². The number of aliphatic carboxylic acids is 1. The molecule has 3 heterocycles. The van der Waals surface area contributed by atoms with Gasteiger partial charge in [0.1, 0.15) is 18.5 Å². The van der Waals surface area contributed by atoms with Gasteiger partial charge in [0.15, 0.2) is 16.6 Å². The van der Waals surface area contributed by atoms with Crippen LogP contribution in [0.3, 0.4) is 0 Å². The Morgan fingerprint density at radius 1 is 1.39 bits per heavy atom. The first-order chi connectivity index (χ1) is 18.1. The molecule has 1 aromatic heterocycles. The summed E-state index contributed by atoms with van der Waals surface area (Å²) >= 11 is 7.76. The van der Waals surface area contributed by atoms with E-state index in [9.17, 15) is 19.1 Å². The molecule has 2 aromatic rings. The molecule has 2 N–H and O–H groups in total. The molecule has 0 saturated carbocycles. The summed E-state index contributed by atoms with van der Waals surface area (Å²) in [4.78, 5) is 36.5. The van der Waals surface area contributed by atoms with Gasteiger partial charge in [-0.05, 0) is 26.3 Å². The summed E-state index contributed by atoms with van der Waals surface area (Å²) in [7, 11) is 1.43. The van der Waals surface area contributed by atoms with Gasteiger partial charge in [-0.3, -0.25) is 19.5 Å². The van der Waals surface area contributed by atoms with Crippen molar-refractivity contribution in [2.45, 2.75) is 32.4 Å². The predicted octanol–water partition coefficient (Wildman–Crippen LogP) is 3.70. The number of benzene rings is 1. The number of nitrogens with one attached hydrogen (secondary N) is 1. The van der Waals surface area contributed by atoms with Gasteiger partial charge in [0, 0.05) is 54.7 Å². The van der Waals surface area contributed by atoms with Crippen molar-refractivity contribution in [3.05, 3.63) is 62.5 Å². The molecule has 0 spiro atoms. The highest BCUT2D eigenvalue weighted by Crippen LogP contribution is 2.38. The summed E-state index contributed by atoms with van der Waals surface area (Å²) < 4.78 is 25.4. The number of carboxylic acid groups (broad SMARTS) is 1. The Labute approximate surface area is 229 Å². The fourth-order valence-corrected chi connectivity index (χ4v) is 5.44. The third-order valence-corrected chi connectivity index (χ3v) is 7.83. The van der Waals surface area contributed by atoms with Crippen LogP contribution in [0, 0.1) is 11.2 Å². The second-order valence-electron chi connectivity index (χ2n) is 9.83. The number of Topliss-reactive ketones (excluding diaryl/α,β-unsaturated/α-hetero) is 1. The molecule has 0 amide bonds. The minimum absolute atomic E-state index is 0.115. The van der Waals surface area contributed by atoms with Crippen molar-refractivity contribution in [2.24, 2.45) is 10.4 Å². The largest absolute Gasteiger partial charge is 0.481 e. The molecule has 0 radical (unpaired) electrons. The summed E-state index contributed by atoms with van der Waals surface area (Å²) in [6.07, 6.45) is 2.00. The minimum Gasteiger partial charge on any atom is -0.481 e. The quantitative estimate of drug-likeness (QED) is 0.449. The van der Waals surface area contributed by atoms with Crippen LogP contribution in [-0.2, 0) is 19.1 Å². The molecule has 9 nitrogen and oxygen atoms in total. The lowest BCUT2D eigenvalue weighted by molar-refractivity contribution is -0.149. The van der Waals surface area contributed by atoms with Crippen LogP contribution >= 0.6 is 22.9 Å². The first kappa shape index (κ1) is 28.3. The number of hydrogen-bond acceptors (Lipinski definition) is 9. The van der Waals surface area contributed by atoms with Gasteiger partial charge in [-0.25, -0.2) is 9.37 Å². The Morgan fingerprint density at radius 2 is 2.18 bits per heavy atom. The van der Waals surface area contributed by atoms with Crippen molar-refractivity contribution < 1.29 is 28.6 Å². The smallest absolute Gasteiger partial charge is 0.309 e. The van der Waals surface area contributed by atoms with E-state index in [4.69, 9.17) is 26.1 Å². The summed E-state index contributed by atoms with van der Waals surface area (Å²) in [5, 5.41) is 15.3. The van der Waals surface area contributed by atoms with Crippen LogP contribution in [0.15, 0.2) is 46.0 Å². The Kier molecular flexibility index (Phi) is 8.94. The average molecular weight is 565 g/mol. The lowest BCUT2D eigenvalue weighted by Gasteiger charge is -2.40. The maximum Gasteiger partial charge on any atom is 0.309 e. The number of aromatic nitrogens is 1. The molecular formula is C26H30ClFN4O5S. The van der Waals surface area contributed by atoms with Crippen molar-refractivity contribution in [3.63, 3.8) is 0 Å². The van der Waals surface area contributed by atoms with Crippen molar-refractivity contribution in [2.75, 3.05) is 40.0 Å². The topological polar surface area (TPSA) is 113 Å². The van der Waals surface area contributed by atoms with Crippen molar-refractivity contribution >= 4 is 40.5 Å². The lowest BCUT2D eigenvalue weighted by Crippen LogP contribution is -2.51. The van der Waals surface area contributed by atoms with E-state index in [0.717, 1.165) is 0 Å². The maximum atomic E-state index is 14.5. The molecule has 2 aliphatic heterocycles. The van der Waals surface area contributed by atoms with E-state index in [1.165, 1.54) is 30.6 Å². The molecule has 0 bridgehead atoms. The number of ketones is 1. The molecule has 1 fully saturated rings. The fourth-order valence-electron chi connectivity index (χ4n) is 4.63. The number of methoxy groups -OCH3 is 1. The predicted molar refractivity (Wildman–Crippen MR) is 142 cm³/mol. The number of aliphatic imine (C=N–C) groups is 1. The normalized spacial score (nSPS) is 20.7.